The standard InChI is InChI=1S/C9H14ClNO2/c1-7(2)11(9(10)12)8-4-3-5-13-6-8/h4,7H,3,5-6H2,1-2H3. The molecule has 74 valence electrons. The van der Waals surface area contributed by atoms with Gasteiger partial charge in [0.1, 0.15) is 0 Å². The van der Waals surface area contributed by atoms with Crippen LogP contribution in [0.1, 0.15) is 20.3 Å². The summed E-state index contributed by atoms with van der Waals surface area (Å²) in [5.74, 6) is 0. The van der Waals surface area contributed by atoms with Gasteiger partial charge >= 0.3 is 5.37 Å². The molecule has 1 aliphatic heterocycles. The van der Waals surface area contributed by atoms with Crippen LogP contribution < -0.4 is 0 Å². The molecule has 1 rings (SSSR count). The second-order valence-corrected chi connectivity index (χ2v) is 3.58. The van der Waals surface area contributed by atoms with Gasteiger partial charge in [0.05, 0.1) is 13.2 Å². The van der Waals surface area contributed by atoms with Crippen molar-refractivity contribution in [2.75, 3.05) is 13.2 Å². The highest BCUT2D eigenvalue weighted by molar-refractivity contribution is 6.63. The van der Waals surface area contributed by atoms with Gasteiger partial charge in [0.15, 0.2) is 0 Å². The normalized spacial score (nSPS) is 17.1. The summed E-state index contributed by atoms with van der Waals surface area (Å²) in [6.45, 7) is 5.06. The van der Waals surface area contributed by atoms with E-state index in [2.05, 4.69) is 0 Å². The molecule has 1 aliphatic rings. The third-order valence-electron chi connectivity index (χ3n) is 1.91. The first-order valence-electron chi connectivity index (χ1n) is 4.38. The number of carbonyl (C=O) groups is 1. The summed E-state index contributed by atoms with van der Waals surface area (Å²) in [6, 6.07) is 0.0814. The number of amides is 1. The Morgan fingerprint density at radius 3 is 2.77 bits per heavy atom. The molecule has 1 heterocycles. The van der Waals surface area contributed by atoms with E-state index in [-0.39, 0.29) is 6.04 Å². The van der Waals surface area contributed by atoms with Crippen molar-refractivity contribution in [3.8, 4) is 0 Å². The second kappa shape index (κ2) is 4.63. The van der Waals surface area contributed by atoms with Crippen LogP contribution in [0.4, 0.5) is 4.79 Å². The first-order valence-corrected chi connectivity index (χ1v) is 4.76. The molecule has 4 heteroatoms. The third-order valence-corrected chi connectivity index (χ3v) is 2.09. The van der Waals surface area contributed by atoms with Crippen molar-refractivity contribution in [2.24, 2.45) is 0 Å². The zero-order valence-electron chi connectivity index (χ0n) is 7.92. The molecule has 0 radical (unpaired) electrons. The van der Waals surface area contributed by atoms with Crippen molar-refractivity contribution in [1.82, 2.24) is 4.90 Å². The van der Waals surface area contributed by atoms with Crippen molar-refractivity contribution >= 4 is 17.0 Å². The average molecular weight is 204 g/mol. The first kappa shape index (κ1) is 10.5. The smallest absolute Gasteiger partial charge is 0.320 e. The van der Waals surface area contributed by atoms with E-state index in [0.717, 1.165) is 18.7 Å². The molecule has 13 heavy (non-hydrogen) atoms. The molecule has 0 unspecified atom stereocenters. The summed E-state index contributed by atoms with van der Waals surface area (Å²) in [5, 5.41) is -0.438. The lowest BCUT2D eigenvalue weighted by Gasteiger charge is -2.28. The van der Waals surface area contributed by atoms with E-state index < -0.39 is 5.37 Å². The van der Waals surface area contributed by atoms with E-state index in [0.29, 0.717) is 6.61 Å². The van der Waals surface area contributed by atoms with E-state index in [1.54, 1.807) is 4.90 Å². The van der Waals surface area contributed by atoms with Gasteiger partial charge in [0, 0.05) is 11.7 Å². The Labute approximate surface area is 83.3 Å². The van der Waals surface area contributed by atoms with Gasteiger partial charge < -0.3 is 4.74 Å². The minimum Gasteiger partial charge on any atom is -0.375 e. The van der Waals surface area contributed by atoms with Gasteiger partial charge in [0.2, 0.25) is 0 Å². The molecule has 0 saturated heterocycles. The minimum atomic E-state index is -0.438. The van der Waals surface area contributed by atoms with Crippen molar-refractivity contribution in [3.63, 3.8) is 0 Å². The van der Waals surface area contributed by atoms with Crippen LogP contribution in [0.15, 0.2) is 11.8 Å². The lowest BCUT2D eigenvalue weighted by Crippen LogP contribution is -2.35. The number of ether oxygens (including phenoxy) is 1. The summed E-state index contributed by atoms with van der Waals surface area (Å²) in [6.07, 6.45) is 2.85. The molecule has 0 aromatic heterocycles. The molecule has 0 aromatic carbocycles. The maximum Gasteiger partial charge on any atom is 0.320 e. The molecule has 1 amide bonds. The molecule has 0 atom stereocenters. The number of halogens is 1. The van der Waals surface area contributed by atoms with Crippen LogP contribution in [0.3, 0.4) is 0 Å². The van der Waals surface area contributed by atoms with Crippen LogP contribution in [-0.2, 0) is 4.74 Å². The fraction of sp³-hybridized carbons (Fsp3) is 0.667. The fourth-order valence-corrected chi connectivity index (χ4v) is 1.66. The van der Waals surface area contributed by atoms with Crippen molar-refractivity contribution in [3.05, 3.63) is 11.8 Å². The van der Waals surface area contributed by atoms with Gasteiger partial charge in [-0.3, -0.25) is 9.69 Å². The highest BCUT2D eigenvalue weighted by Crippen LogP contribution is 2.16. The zero-order chi connectivity index (χ0) is 9.84. The predicted molar refractivity (Wildman–Crippen MR) is 51.7 cm³/mol. The van der Waals surface area contributed by atoms with Crippen LogP contribution in [0.2, 0.25) is 0 Å². The molecular formula is C9H14ClNO2. The highest BCUT2D eigenvalue weighted by Gasteiger charge is 2.20. The molecule has 0 aliphatic carbocycles. The highest BCUT2D eigenvalue weighted by atomic mass is 35.5. The lowest BCUT2D eigenvalue weighted by atomic mass is 10.2. The number of hydrogen-bond donors (Lipinski definition) is 0. The molecular weight excluding hydrogens is 190 g/mol. The molecule has 0 fully saturated rings. The number of nitrogens with zero attached hydrogens (tertiary/aromatic N) is 1. The number of rotatable bonds is 2. The molecule has 3 nitrogen and oxygen atoms in total. The van der Waals surface area contributed by atoms with Gasteiger partial charge in [-0.1, -0.05) is 6.08 Å². The largest absolute Gasteiger partial charge is 0.375 e. The molecule has 0 N–H and O–H groups in total. The topological polar surface area (TPSA) is 29.5 Å². The Bertz CT molecular complexity index is 226. The van der Waals surface area contributed by atoms with E-state index in [9.17, 15) is 4.79 Å². The lowest BCUT2D eigenvalue weighted by molar-refractivity contribution is 0.124. The van der Waals surface area contributed by atoms with Crippen LogP contribution >= 0.6 is 11.6 Å². The number of carbonyl (C=O) groups excluding carboxylic acids is 1. The maximum absolute atomic E-state index is 11.1. The van der Waals surface area contributed by atoms with Crippen LogP contribution in [0.5, 0.6) is 0 Å². The average Bonchev–Trinajstić information content (AvgIpc) is 2.04. The van der Waals surface area contributed by atoms with E-state index in [4.69, 9.17) is 16.3 Å². The minimum absolute atomic E-state index is 0.0814. The third kappa shape index (κ3) is 2.71. The molecule has 0 spiro atoms. The van der Waals surface area contributed by atoms with E-state index in [1.807, 2.05) is 19.9 Å². The van der Waals surface area contributed by atoms with Gasteiger partial charge in [-0.25, -0.2) is 0 Å². The van der Waals surface area contributed by atoms with Crippen LogP contribution in [0.25, 0.3) is 0 Å². The molecule has 0 aromatic rings. The first-order chi connectivity index (χ1) is 6.13. The SMILES string of the molecule is CC(C)N(C(=O)Cl)C1=CCCOC1. The second-order valence-electron chi connectivity index (χ2n) is 3.25. The summed E-state index contributed by atoms with van der Waals surface area (Å²) < 4.78 is 5.24. The number of hydrogen-bond acceptors (Lipinski definition) is 2. The Kier molecular flexibility index (Phi) is 3.75. The van der Waals surface area contributed by atoms with Gasteiger partial charge in [-0.2, -0.15) is 0 Å². The van der Waals surface area contributed by atoms with E-state index in [1.165, 1.54) is 0 Å². The van der Waals surface area contributed by atoms with Gasteiger partial charge in [0.25, 0.3) is 0 Å². The Morgan fingerprint density at radius 1 is 1.69 bits per heavy atom. The summed E-state index contributed by atoms with van der Waals surface area (Å²) in [5.41, 5.74) is 0.876. The van der Waals surface area contributed by atoms with Gasteiger partial charge in [-0.05, 0) is 31.9 Å². The Balaban J connectivity index is 2.74. The van der Waals surface area contributed by atoms with Crippen LogP contribution in [-0.4, -0.2) is 29.5 Å². The summed E-state index contributed by atoms with van der Waals surface area (Å²) in [7, 11) is 0. The molecule has 0 bridgehead atoms. The monoisotopic (exact) mass is 203 g/mol. The summed E-state index contributed by atoms with van der Waals surface area (Å²) in [4.78, 5) is 12.6. The van der Waals surface area contributed by atoms with Crippen molar-refractivity contribution in [2.45, 2.75) is 26.3 Å². The Morgan fingerprint density at radius 2 is 2.38 bits per heavy atom. The maximum atomic E-state index is 11.1. The van der Waals surface area contributed by atoms with Crippen LogP contribution in [0, 0.1) is 0 Å². The quantitative estimate of drug-likeness (QED) is 0.510. The summed E-state index contributed by atoms with van der Waals surface area (Å²) >= 11 is 5.46. The Hall–Kier alpha value is -0.540. The van der Waals surface area contributed by atoms with Gasteiger partial charge in [-0.15, -0.1) is 0 Å². The molecule has 0 saturated carbocycles. The fourth-order valence-electron chi connectivity index (χ4n) is 1.36. The van der Waals surface area contributed by atoms with Crippen molar-refractivity contribution < 1.29 is 9.53 Å². The van der Waals surface area contributed by atoms with Crippen molar-refractivity contribution in [1.29, 1.82) is 0 Å². The zero-order valence-corrected chi connectivity index (χ0v) is 8.67. The van der Waals surface area contributed by atoms with E-state index >= 15 is 0 Å². The predicted octanol–water partition coefficient (Wildman–Crippen LogP) is 2.36.